The number of fused-ring (bicyclic) bond motifs is 1. The van der Waals surface area contributed by atoms with E-state index in [1.54, 1.807) is 0 Å². The number of nitrogens with one attached hydrogen (secondary N) is 1. The number of aliphatic hydroxyl groups is 1. The first-order chi connectivity index (χ1) is 18.1. The van der Waals surface area contributed by atoms with Crippen LogP contribution in [0.2, 0.25) is 0 Å². The first kappa shape index (κ1) is 25.6. The van der Waals surface area contributed by atoms with Crippen LogP contribution in [0.5, 0.6) is 0 Å². The molecule has 12 heteroatoms. The fourth-order valence-electron chi connectivity index (χ4n) is 4.50. The van der Waals surface area contributed by atoms with Crippen LogP contribution in [0.3, 0.4) is 0 Å². The van der Waals surface area contributed by atoms with Crippen LogP contribution < -0.4 is 4.72 Å². The van der Waals surface area contributed by atoms with Crippen molar-refractivity contribution in [2.75, 3.05) is 17.8 Å². The lowest BCUT2D eigenvalue weighted by molar-refractivity contribution is -0.0240. The molecule has 0 radical (unpaired) electrons. The van der Waals surface area contributed by atoms with E-state index in [2.05, 4.69) is 14.7 Å². The summed E-state index contributed by atoms with van der Waals surface area (Å²) in [6.45, 7) is 0.219. The predicted octanol–water partition coefficient (Wildman–Crippen LogP) is 3.97. The molecule has 1 aliphatic rings. The Morgan fingerprint density at radius 1 is 0.895 bits per heavy atom. The quantitative estimate of drug-likeness (QED) is 0.395. The molecule has 1 saturated heterocycles. The Labute approximate surface area is 215 Å². The number of benzene rings is 3. The third-order valence-electron chi connectivity index (χ3n) is 6.54. The van der Waals surface area contributed by atoms with Gasteiger partial charge in [0.2, 0.25) is 0 Å². The standard InChI is InChI=1S/C26H21F3N4O4S/c27-19-3-1-2-18(22(19)29)26(35)10-14-33(15-11-26)25(34)16-4-6-17(7-5-16)32-38(36,37)21-9-8-20(28)23-24(21)31-13-12-30-23/h1-9,12-13,32,35H,10-11,14-15H2. The van der Waals surface area contributed by atoms with Gasteiger partial charge in [0.15, 0.2) is 17.5 Å². The van der Waals surface area contributed by atoms with Gasteiger partial charge in [-0.2, -0.15) is 0 Å². The third kappa shape index (κ3) is 4.68. The molecular weight excluding hydrogens is 521 g/mol. The second-order valence-corrected chi connectivity index (χ2v) is 10.6. The number of amides is 1. The normalized spacial score (nSPS) is 15.4. The number of carbonyl (C=O) groups is 1. The molecule has 1 aliphatic heterocycles. The zero-order valence-corrected chi connectivity index (χ0v) is 20.6. The van der Waals surface area contributed by atoms with E-state index >= 15 is 0 Å². The topological polar surface area (TPSA) is 112 Å². The van der Waals surface area contributed by atoms with E-state index in [0.29, 0.717) is 0 Å². The molecule has 5 rings (SSSR count). The Hall–Kier alpha value is -4.03. The number of hydrogen-bond donors (Lipinski definition) is 2. The van der Waals surface area contributed by atoms with Crippen molar-refractivity contribution in [1.29, 1.82) is 0 Å². The zero-order valence-electron chi connectivity index (χ0n) is 19.7. The van der Waals surface area contributed by atoms with Gasteiger partial charge in [0.1, 0.15) is 15.9 Å². The second-order valence-electron chi connectivity index (χ2n) is 8.91. The van der Waals surface area contributed by atoms with Gasteiger partial charge < -0.3 is 10.0 Å². The van der Waals surface area contributed by atoms with E-state index in [1.165, 1.54) is 53.7 Å². The fraction of sp³-hybridized carbons (Fsp3) is 0.192. The number of aromatic nitrogens is 2. The summed E-state index contributed by atoms with van der Waals surface area (Å²) in [6, 6.07) is 11.4. The van der Waals surface area contributed by atoms with Gasteiger partial charge in [0, 0.05) is 42.3 Å². The number of hydrogen-bond acceptors (Lipinski definition) is 6. The van der Waals surface area contributed by atoms with Crippen LogP contribution in [0.15, 0.2) is 71.9 Å². The van der Waals surface area contributed by atoms with E-state index in [4.69, 9.17) is 0 Å². The summed E-state index contributed by atoms with van der Waals surface area (Å²) in [5, 5.41) is 10.9. The highest BCUT2D eigenvalue weighted by atomic mass is 32.2. The minimum Gasteiger partial charge on any atom is -0.385 e. The van der Waals surface area contributed by atoms with E-state index in [0.717, 1.165) is 18.2 Å². The summed E-state index contributed by atoms with van der Waals surface area (Å²) < 4.78 is 70.2. The Balaban J connectivity index is 1.28. The van der Waals surface area contributed by atoms with Crippen LogP contribution in [-0.2, 0) is 15.6 Å². The second kappa shape index (κ2) is 9.69. The van der Waals surface area contributed by atoms with Gasteiger partial charge in [0.25, 0.3) is 15.9 Å². The molecular formula is C26H21F3N4O4S. The van der Waals surface area contributed by atoms with Crippen molar-refractivity contribution >= 4 is 32.7 Å². The van der Waals surface area contributed by atoms with Gasteiger partial charge in [-0.3, -0.25) is 14.5 Å². The number of piperidine rings is 1. The highest BCUT2D eigenvalue weighted by Gasteiger charge is 2.38. The summed E-state index contributed by atoms with van der Waals surface area (Å²) in [5.41, 5.74) is -1.59. The van der Waals surface area contributed by atoms with Crippen molar-refractivity contribution < 1.29 is 31.5 Å². The zero-order chi connectivity index (χ0) is 27.1. The van der Waals surface area contributed by atoms with Crippen molar-refractivity contribution in [2.45, 2.75) is 23.3 Å². The van der Waals surface area contributed by atoms with Crippen LogP contribution in [0.1, 0.15) is 28.8 Å². The van der Waals surface area contributed by atoms with Gasteiger partial charge >= 0.3 is 0 Å². The Morgan fingerprint density at radius 3 is 2.24 bits per heavy atom. The van der Waals surface area contributed by atoms with Crippen LogP contribution in [0, 0.1) is 17.5 Å². The molecule has 2 N–H and O–H groups in total. The minimum atomic E-state index is -4.16. The monoisotopic (exact) mass is 542 g/mol. The lowest BCUT2D eigenvalue weighted by Gasteiger charge is -2.38. The Morgan fingerprint density at radius 2 is 1.55 bits per heavy atom. The van der Waals surface area contributed by atoms with Gasteiger partial charge in [0.05, 0.1) is 5.60 Å². The molecule has 0 unspecified atom stereocenters. The highest BCUT2D eigenvalue weighted by Crippen LogP contribution is 2.35. The Kier molecular flexibility index (Phi) is 6.53. The summed E-state index contributed by atoms with van der Waals surface area (Å²) in [6.07, 6.45) is 2.56. The van der Waals surface area contributed by atoms with E-state index < -0.39 is 33.1 Å². The molecule has 0 spiro atoms. The molecule has 3 aromatic carbocycles. The number of nitrogens with zero attached hydrogens (tertiary/aromatic N) is 3. The average Bonchev–Trinajstić information content (AvgIpc) is 2.90. The summed E-state index contributed by atoms with van der Waals surface area (Å²) in [7, 11) is -4.16. The number of anilines is 1. The van der Waals surface area contributed by atoms with Gasteiger partial charge in [-0.25, -0.2) is 26.6 Å². The molecule has 1 aromatic heterocycles. The SMILES string of the molecule is O=C(c1ccc(NS(=O)(=O)c2ccc(F)c3nccnc23)cc1)N1CCC(O)(c2cccc(F)c2F)CC1. The van der Waals surface area contributed by atoms with E-state index in [-0.39, 0.29) is 64.6 Å². The van der Waals surface area contributed by atoms with E-state index in [1.807, 2.05) is 0 Å². The molecule has 1 amide bonds. The number of rotatable bonds is 5. The lowest BCUT2D eigenvalue weighted by Crippen LogP contribution is -2.45. The maximum atomic E-state index is 14.2. The number of sulfonamides is 1. The first-order valence-electron chi connectivity index (χ1n) is 11.6. The van der Waals surface area contributed by atoms with E-state index in [9.17, 15) is 31.5 Å². The maximum absolute atomic E-state index is 14.2. The van der Waals surface area contributed by atoms with Crippen LogP contribution >= 0.6 is 0 Å². The number of halogens is 3. The molecule has 38 heavy (non-hydrogen) atoms. The summed E-state index contributed by atoms with van der Waals surface area (Å²) in [4.78, 5) is 22.0. The first-order valence-corrected chi connectivity index (χ1v) is 13.1. The number of carbonyl (C=O) groups excluding carboxylic acids is 1. The third-order valence-corrected chi connectivity index (χ3v) is 7.96. The van der Waals surface area contributed by atoms with Crippen molar-refractivity contribution in [2.24, 2.45) is 0 Å². The van der Waals surface area contributed by atoms with Gasteiger partial charge in [-0.05, 0) is 55.3 Å². The van der Waals surface area contributed by atoms with Crippen molar-refractivity contribution in [3.8, 4) is 0 Å². The molecule has 196 valence electrons. The maximum Gasteiger partial charge on any atom is 0.264 e. The fourth-order valence-corrected chi connectivity index (χ4v) is 5.71. The van der Waals surface area contributed by atoms with Crippen LogP contribution in [0.4, 0.5) is 18.9 Å². The average molecular weight is 543 g/mol. The molecule has 0 saturated carbocycles. The smallest absolute Gasteiger partial charge is 0.264 e. The van der Waals surface area contributed by atoms with Crippen molar-refractivity contribution in [3.05, 3.63) is 95.6 Å². The molecule has 4 aromatic rings. The lowest BCUT2D eigenvalue weighted by atomic mass is 9.84. The predicted molar refractivity (Wildman–Crippen MR) is 132 cm³/mol. The largest absolute Gasteiger partial charge is 0.385 e. The summed E-state index contributed by atoms with van der Waals surface area (Å²) in [5.74, 6) is -3.22. The molecule has 0 atom stereocenters. The van der Waals surface area contributed by atoms with Gasteiger partial charge in [-0.15, -0.1) is 0 Å². The molecule has 2 heterocycles. The van der Waals surface area contributed by atoms with Gasteiger partial charge in [-0.1, -0.05) is 12.1 Å². The molecule has 0 aliphatic carbocycles. The van der Waals surface area contributed by atoms with Crippen molar-refractivity contribution in [3.63, 3.8) is 0 Å². The molecule has 1 fully saturated rings. The minimum absolute atomic E-state index is 0.0194. The number of likely N-dealkylation sites (tertiary alicyclic amines) is 1. The Bertz CT molecular complexity index is 1640. The van der Waals surface area contributed by atoms with Crippen LogP contribution in [-0.4, -0.2) is 47.4 Å². The van der Waals surface area contributed by atoms with Crippen LogP contribution in [0.25, 0.3) is 11.0 Å². The summed E-state index contributed by atoms with van der Waals surface area (Å²) >= 11 is 0. The highest BCUT2D eigenvalue weighted by molar-refractivity contribution is 7.93. The van der Waals surface area contributed by atoms with Crippen molar-refractivity contribution in [1.82, 2.24) is 14.9 Å². The molecule has 0 bridgehead atoms. The molecule has 8 nitrogen and oxygen atoms in total.